The molecule has 0 aromatic heterocycles. The number of hydrogen-bond acceptors (Lipinski definition) is 3. The van der Waals surface area contributed by atoms with Gasteiger partial charge in [0.2, 0.25) is 5.91 Å². The molecule has 1 fully saturated rings. The Morgan fingerprint density at radius 2 is 2.12 bits per heavy atom. The van der Waals surface area contributed by atoms with Gasteiger partial charge in [0.1, 0.15) is 5.78 Å². The minimum atomic E-state index is 0.0448. The van der Waals surface area contributed by atoms with Gasteiger partial charge in [0.15, 0.2) is 0 Å². The van der Waals surface area contributed by atoms with Crippen molar-refractivity contribution in [1.29, 1.82) is 0 Å². The second-order valence-electron chi connectivity index (χ2n) is 4.43. The van der Waals surface area contributed by atoms with E-state index in [2.05, 4.69) is 19.2 Å². The van der Waals surface area contributed by atoms with Crippen LogP contribution in [0.15, 0.2) is 0 Å². The summed E-state index contributed by atoms with van der Waals surface area (Å²) in [5.41, 5.74) is 0. The molecule has 1 saturated heterocycles. The maximum absolute atomic E-state index is 11.7. The molecule has 0 saturated carbocycles. The standard InChI is InChI=1S/C12H22N2O2/c1-3-10(4-2)13-12(16)9-14-7-5-6-11(15)8-14/h10H,3-9H2,1-2H3,(H,13,16). The number of amides is 1. The largest absolute Gasteiger partial charge is 0.352 e. The fraction of sp³-hybridized carbons (Fsp3) is 0.833. The molecule has 0 aliphatic carbocycles. The molecular formula is C12H22N2O2. The van der Waals surface area contributed by atoms with E-state index < -0.39 is 0 Å². The number of Topliss-reactive ketones (excluding diaryl/α,β-unsaturated/α-hetero) is 1. The maximum Gasteiger partial charge on any atom is 0.234 e. The molecule has 0 atom stereocenters. The highest BCUT2D eigenvalue weighted by molar-refractivity contribution is 5.83. The molecule has 16 heavy (non-hydrogen) atoms. The maximum atomic E-state index is 11.7. The Morgan fingerprint density at radius 3 is 2.69 bits per heavy atom. The molecule has 1 aliphatic rings. The van der Waals surface area contributed by atoms with Crippen molar-refractivity contribution < 1.29 is 9.59 Å². The van der Waals surface area contributed by atoms with Gasteiger partial charge in [-0.3, -0.25) is 14.5 Å². The summed E-state index contributed by atoms with van der Waals surface area (Å²) in [5.74, 6) is 0.296. The molecule has 4 heteroatoms. The first-order valence-electron chi connectivity index (χ1n) is 6.19. The van der Waals surface area contributed by atoms with Crippen molar-refractivity contribution in [3.05, 3.63) is 0 Å². The number of nitrogens with one attached hydrogen (secondary N) is 1. The van der Waals surface area contributed by atoms with Gasteiger partial charge < -0.3 is 5.32 Å². The Balaban J connectivity index is 2.30. The molecule has 0 aromatic carbocycles. The average molecular weight is 226 g/mol. The Hall–Kier alpha value is -0.900. The smallest absolute Gasteiger partial charge is 0.234 e. The SMILES string of the molecule is CCC(CC)NC(=O)CN1CCCC(=O)C1. The lowest BCUT2D eigenvalue weighted by molar-refractivity contribution is -0.126. The van der Waals surface area contributed by atoms with Crippen LogP contribution in [0.1, 0.15) is 39.5 Å². The van der Waals surface area contributed by atoms with Gasteiger partial charge in [-0.25, -0.2) is 0 Å². The van der Waals surface area contributed by atoms with E-state index in [1.807, 2.05) is 4.90 Å². The third kappa shape index (κ3) is 4.31. The molecular weight excluding hydrogens is 204 g/mol. The third-order valence-electron chi connectivity index (χ3n) is 3.05. The van der Waals surface area contributed by atoms with Crippen molar-refractivity contribution in [3.63, 3.8) is 0 Å². The Kier molecular flexibility index (Phi) is 5.46. The van der Waals surface area contributed by atoms with E-state index in [-0.39, 0.29) is 17.7 Å². The second kappa shape index (κ2) is 6.63. The Labute approximate surface area is 97.4 Å². The lowest BCUT2D eigenvalue weighted by atomic mass is 10.1. The topological polar surface area (TPSA) is 49.4 Å². The number of piperidine rings is 1. The van der Waals surface area contributed by atoms with Gasteiger partial charge in [0.25, 0.3) is 0 Å². The highest BCUT2D eigenvalue weighted by Crippen LogP contribution is 2.05. The van der Waals surface area contributed by atoms with Crippen LogP contribution in [-0.2, 0) is 9.59 Å². The number of nitrogens with zero attached hydrogens (tertiary/aromatic N) is 1. The zero-order chi connectivity index (χ0) is 12.0. The van der Waals surface area contributed by atoms with E-state index in [4.69, 9.17) is 0 Å². The van der Waals surface area contributed by atoms with Crippen molar-refractivity contribution in [2.45, 2.75) is 45.6 Å². The molecule has 1 heterocycles. The number of hydrogen-bond donors (Lipinski definition) is 1. The zero-order valence-electron chi connectivity index (χ0n) is 10.3. The van der Waals surface area contributed by atoms with Crippen LogP contribution in [0.2, 0.25) is 0 Å². The van der Waals surface area contributed by atoms with Crippen LogP contribution in [0.5, 0.6) is 0 Å². The van der Waals surface area contributed by atoms with Gasteiger partial charge in [0, 0.05) is 12.5 Å². The van der Waals surface area contributed by atoms with E-state index in [0.29, 0.717) is 19.5 Å². The number of rotatable bonds is 5. The summed E-state index contributed by atoms with van der Waals surface area (Å²) in [6.45, 7) is 5.80. The molecule has 0 unspecified atom stereocenters. The van der Waals surface area contributed by atoms with Crippen LogP contribution >= 0.6 is 0 Å². The van der Waals surface area contributed by atoms with Gasteiger partial charge in [-0.1, -0.05) is 13.8 Å². The van der Waals surface area contributed by atoms with Crippen molar-refractivity contribution in [1.82, 2.24) is 10.2 Å². The van der Waals surface area contributed by atoms with E-state index in [9.17, 15) is 9.59 Å². The minimum absolute atomic E-state index is 0.0448. The number of ketones is 1. The van der Waals surface area contributed by atoms with Gasteiger partial charge in [-0.2, -0.15) is 0 Å². The third-order valence-corrected chi connectivity index (χ3v) is 3.05. The average Bonchev–Trinajstić information content (AvgIpc) is 2.26. The molecule has 4 nitrogen and oxygen atoms in total. The highest BCUT2D eigenvalue weighted by Gasteiger charge is 2.19. The van der Waals surface area contributed by atoms with Crippen molar-refractivity contribution >= 4 is 11.7 Å². The summed E-state index contributed by atoms with van der Waals surface area (Å²) in [4.78, 5) is 24.8. The first kappa shape index (κ1) is 13.2. The summed E-state index contributed by atoms with van der Waals surface area (Å²) >= 11 is 0. The van der Waals surface area contributed by atoms with Crippen LogP contribution in [0.4, 0.5) is 0 Å². The Bertz CT molecular complexity index is 249. The predicted molar refractivity (Wildman–Crippen MR) is 63.2 cm³/mol. The van der Waals surface area contributed by atoms with Gasteiger partial charge in [0.05, 0.1) is 13.1 Å². The lowest BCUT2D eigenvalue weighted by Crippen LogP contribution is -2.45. The van der Waals surface area contributed by atoms with Crippen molar-refractivity contribution in [3.8, 4) is 0 Å². The second-order valence-corrected chi connectivity index (χ2v) is 4.43. The molecule has 92 valence electrons. The summed E-state index contributed by atoms with van der Waals surface area (Å²) in [7, 11) is 0. The molecule has 0 bridgehead atoms. The van der Waals surface area contributed by atoms with Crippen LogP contribution in [0.3, 0.4) is 0 Å². The summed E-state index contributed by atoms with van der Waals surface area (Å²) in [6, 6.07) is 0.271. The molecule has 1 N–H and O–H groups in total. The summed E-state index contributed by atoms with van der Waals surface area (Å²) in [5, 5.41) is 2.99. The molecule has 0 radical (unpaired) electrons. The summed E-state index contributed by atoms with van der Waals surface area (Å²) < 4.78 is 0. The van der Waals surface area contributed by atoms with E-state index >= 15 is 0 Å². The van der Waals surface area contributed by atoms with Crippen molar-refractivity contribution in [2.24, 2.45) is 0 Å². The zero-order valence-corrected chi connectivity index (χ0v) is 10.3. The van der Waals surface area contributed by atoms with Gasteiger partial charge >= 0.3 is 0 Å². The summed E-state index contributed by atoms with van der Waals surface area (Å²) in [6.07, 6.45) is 3.48. The van der Waals surface area contributed by atoms with E-state index in [1.54, 1.807) is 0 Å². The molecule has 0 aromatic rings. The van der Waals surface area contributed by atoms with Crippen molar-refractivity contribution in [2.75, 3.05) is 19.6 Å². The molecule has 0 spiro atoms. The molecule has 1 amide bonds. The fourth-order valence-corrected chi connectivity index (χ4v) is 2.01. The van der Waals surface area contributed by atoms with Crippen LogP contribution in [0.25, 0.3) is 0 Å². The lowest BCUT2D eigenvalue weighted by Gasteiger charge is -2.25. The quantitative estimate of drug-likeness (QED) is 0.759. The minimum Gasteiger partial charge on any atom is -0.352 e. The Morgan fingerprint density at radius 1 is 1.44 bits per heavy atom. The van der Waals surface area contributed by atoms with Gasteiger partial charge in [-0.05, 0) is 25.8 Å². The predicted octanol–water partition coefficient (Wildman–Crippen LogP) is 0.956. The van der Waals surface area contributed by atoms with E-state index in [1.165, 1.54) is 0 Å². The van der Waals surface area contributed by atoms with Crippen LogP contribution in [-0.4, -0.2) is 42.3 Å². The van der Waals surface area contributed by atoms with E-state index in [0.717, 1.165) is 25.8 Å². The first-order valence-corrected chi connectivity index (χ1v) is 6.19. The number of likely N-dealkylation sites (tertiary alicyclic amines) is 1. The van der Waals surface area contributed by atoms with Gasteiger partial charge in [-0.15, -0.1) is 0 Å². The normalized spacial score (nSPS) is 17.8. The van der Waals surface area contributed by atoms with Crippen LogP contribution < -0.4 is 5.32 Å². The monoisotopic (exact) mass is 226 g/mol. The number of carbonyl (C=O) groups is 2. The highest BCUT2D eigenvalue weighted by atomic mass is 16.2. The molecule has 1 aliphatic heterocycles. The van der Waals surface area contributed by atoms with Crippen LogP contribution in [0, 0.1) is 0 Å². The fourth-order valence-electron chi connectivity index (χ4n) is 2.01. The number of carbonyl (C=O) groups excluding carboxylic acids is 2. The first-order chi connectivity index (χ1) is 7.65. The molecule has 1 rings (SSSR count).